The lowest BCUT2D eigenvalue weighted by molar-refractivity contribution is 1.04. The van der Waals surface area contributed by atoms with Gasteiger partial charge in [0, 0.05) is 12.7 Å². The molecular formula is C12H10N4. The molecule has 1 aromatic carbocycles. The molecule has 2 aromatic rings. The van der Waals surface area contributed by atoms with Crippen molar-refractivity contribution in [3.05, 3.63) is 53.9 Å². The van der Waals surface area contributed by atoms with Gasteiger partial charge < -0.3 is 5.32 Å². The fraction of sp³-hybridized carbons (Fsp3) is 0.0833. The average molecular weight is 210 g/mol. The first-order chi connectivity index (χ1) is 7.88. The van der Waals surface area contributed by atoms with Gasteiger partial charge in [0.05, 0.1) is 0 Å². The molecule has 0 saturated carbocycles. The predicted octanol–water partition coefficient (Wildman–Crippen LogP) is 1.96. The summed E-state index contributed by atoms with van der Waals surface area (Å²) in [5.74, 6) is 0.475. The number of anilines is 1. The highest BCUT2D eigenvalue weighted by Crippen LogP contribution is 2.03. The van der Waals surface area contributed by atoms with E-state index in [1.807, 2.05) is 36.4 Å². The summed E-state index contributed by atoms with van der Waals surface area (Å²) in [7, 11) is 0. The van der Waals surface area contributed by atoms with E-state index in [9.17, 15) is 0 Å². The minimum Gasteiger partial charge on any atom is -0.350 e. The van der Waals surface area contributed by atoms with E-state index in [0.29, 0.717) is 18.2 Å². The highest BCUT2D eigenvalue weighted by atomic mass is 15.1. The molecule has 0 aliphatic rings. The summed E-state index contributed by atoms with van der Waals surface area (Å²) in [6, 6.07) is 13.5. The summed E-state index contributed by atoms with van der Waals surface area (Å²) in [5.41, 5.74) is 1.51. The molecule has 0 fully saturated rings. The standard InChI is InChI=1S/C12H10N4/c13-8-11-6-7-14-12(16-11)15-9-10-4-2-1-3-5-10/h1-7H,9H2,(H,14,15,16). The molecule has 0 radical (unpaired) electrons. The van der Waals surface area contributed by atoms with Gasteiger partial charge in [-0.1, -0.05) is 30.3 Å². The van der Waals surface area contributed by atoms with Gasteiger partial charge in [0.15, 0.2) is 0 Å². The number of hydrogen-bond donors (Lipinski definition) is 1. The molecule has 0 atom stereocenters. The van der Waals surface area contributed by atoms with Crippen molar-refractivity contribution < 1.29 is 0 Å². The van der Waals surface area contributed by atoms with Crippen molar-refractivity contribution in [3.8, 4) is 6.07 Å². The molecule has 0 bridgehead atoms. The second-order valence-electron chi connectivity index (χ2n) is 3.22. The van der Waals surface area contributed by atoms with Crippen molar-refractivity contribution in [3.63, 3.8) is 0 Å². The smallest absolute Gasteiger partial charge is 0.224 e. The first kappa shape index (κ1) is 10.1. The number of benzene rings is 1. The van der Waals surface area contributed by atoms with E-state index in [1.54, 1.807) is 12.3 Å². The average Bonchev–Trinajstić information content (AvgIpc) is 2.38. The van der Waals surface area contributed by atoms with Crippen LogP contribution >= 0.6 is 0 Å². The van der Waals surface area contributed by atoms with Gasteiger partial charge in [-0.05, 0) is 11.6 Å². The summed E-state index contributed by atoms with van der Waals surface area (Å²) >= 11 is 0. The number of nitrogens with one attached hydrogen (secondary N) is 1. The first-order valence-electron chi connectivity index (χ1n) is 4.89. The molecule has 0 spiro atoms. The van der Waals surface area contributed by atoms with Crippen LogP contribution < -0.4 is 5.32 Å². The van der Waals surface area contributed by atoms with Crippen molar-refractivity contribution in [1.82, 2.24) is 9.97 Å². The van der Waals surface area contributed by atoms with Crippen LogP contribution in [0.3, 0.4) is 0 Å². The third-order valence-corrected chi connectivity index (χ3v) is 2.06. The van der Waals surface area contributed by atoms with Gasteiger partial charge >= 0.3 is 0 Å². The fourth-order valence-corrected chi connectivity index (χ4v) is 1.28. The summed E-state index contributed by atoms with van der Waals surface area (Å²) in [4.78, 5) is 8.05. The largest absolute Gasteiger partial charge is 0.350 e. The van der Waals surface area contributed by atoms with E-state index in [0.717, 1.165) is 5.56 Å². The zero-order valence-corrected chi connectivity index (χ0v) is 8.59. The quantitative estimate of drug-likeness (QED) is 0.841. The van der Waals surface area contributed by atoms with Crippen molar-refractivity contribution in [1.29, 1.82) is 5.26 Å². The molecule has 1 N–H and O–H groups in total. The molecule has 0 aliphatic heterocycles. The van der Waals surface area contributed by atoms with Gasteiger partial charge in [0.25, 0.3) is 0 Å². The molecule has 4 nitrogen and oxygen atoms in total. The second kappa shape index (κ2) is 4.89. The molecule has 16 heavy (non-hydrogen) atoms. The summed E-state index contributed by atoms with van der Waals surface area (Å²) in [6.45, 7) is 0.649. The lowest BCUT2D eigenvalue weighted by Crippen LogP contribution is -2.03. The van der Waals surface area contributed by atoms with E-state index in [4.69, 9.17) is 5.26 Å². The molecule has 2 rings (SSSR count). The van der Waals surface area contributed by atoms with Crippen LogP contribution in [-0.4, -0.2) is 9.97 Å². The Labute approximate surface area is 93.6 Å². The number of nitrogens with zero attached hydrogens (tertiary/aromatic N) is 3. The van der Waals surface area contributed by atoms with Crippen LogP contribution in [-0.2, 0) is 6.54 Å². The predicted molar refractivity (Wildman–Crippen MR) is 60.5 cm³/mol. The Kier molecular flexibility index (Phi) is 3.10. The van der Waals surface area contributed by atoms with Crippen LogP contribution in [0.1, 0.15) is 11.3 Å². The van der Waals surface area contributed by atoms with Crippen LogP contribution in [0.5, 0.6) is 0 Å². The summed E-state index contributed by atoms with van der Waals surface area (Å²) < 4.78 is 0. The SMILES string of the molecule is N#Cc1ccnc(NCc2ccccc2)n1. The van der Waals surface area contributed by atoms with E-state index in [2.05, 4.69) is 15.3 Å². The lowest BCUT2D eigenvalue weighted by Gasteiger charge is -2.03. The topological polar surface area (TPSA) is 61.6 Å². The number of nitriles is 1. The zero-order chi connectivity index (χ0) is 11.2. The highest BCUT2D eigenvalue weighted by molar-refractivity contribution is 5.31. The third kappa shape index (κ3) is 2.55. The molecule has 0 saturated heterocycles. The Balaban J connectivity index is 2.03. The van der Waals surface area contributed by atoms with Gasteiger partial charge in [-0.15, -0.1) is 0 Å². The van der Waals surface area contributed by atoms with Crippen molar-refractivity contribution >= 4 is 5.95 Å². The molecule has 0 aliphatic carbocycles. The molecule has 0 amide bonds. The third-order valence-electron chi connectivity index (χ3n) is 2.06. The second-order valence-corrected chi connectivity index (χ2v) is 3.22. The molecule has 1 aromatic heterocycles. The minimum absolute atomic E-state index is 0.366. The Morgan fingerprint density at radius 1 is 1.19 bits per heavy atom. The Morgan fingerprint density at radius 2 is 2.00 bits per heavy atom. The van der Waals surface area contributed by atoms with E-state index in [1.165, 1.54) is 0 Å². The van der Waals surface area contributed by atoms with Crippen LogP contribution in [0.2, 0.25) is 0 Å². The molecule has 0 unspecified atom stereocenters. The van der Waals surface area contributed by atoms with Gasteiger partial charge in [0.2, 0.25) is 5.95 Å². The first-order valence-corrected chi connectivity index (χ1v) is 4.89. The van der Waals surface area contributed by atoms with E-state index < -0.39 is 0 Å². The minimum atomic E-state index is 0.366. The van der Waals surface area contributed by atoms with Crippen LogP contribution in [0.25, 0.3) is 0 Å². The van der Waals surface area contributed by atoms with Gasteiger partial charge in [-0.2, -0.15) is 5.26 Å². The maximum absolute atomic E-state index is 8.68. The van der Waals surface area contributed by atoms with E-state index >= 15 is 0 Å². The molecule has 4 heteroatoms. The lowest BCUT2D eigenvalue weighted by atomic mass is 10.2. The number of aromatic nitrogens is 2. The highest BCUT2D eigenvalue weighted by Gasteiger charge is 1.97. The van der Waals surface area contributed by atoms with Crippen molar-refractivity contribution in [2.24, 2.45) is 0 Å². The maximum atomic E-state index is 8.68. The fourth-order valence-electron chi connectivity index (χ4n) is 1.28. The van der Waals surface area contributed by atoms with Crippen LogP contribution in [0.15, 0.2) is 42.6 Å². The summed E-state index contributed by atoms with van der Waals surface area (Å²) in [5, 5.41) is 11.7. The van der Waals surface area contributed by atoms with Crippen LogP contribution in [0, 0.1) is 11.3 Å². The number of rotatable bonds is 3. The van der Waals surface area contributed by atoms with Gasteiger partial charge in [-0.3, -0.25) is 0 Å². The van der Waals surface area contributed by atoms with Crippen molar-refractivity contribution in [2.75, 3.05) is 5.32 Å². The molecule has 1 heterocycles. The van der Waals surface area contributed by atoms with Gasteiger partial charge in [-0.25, -0.2) is 9.97 Å². The number of hydrogen-bond acceptors (Lipinski definition) is 4. The Morgan fingerprint density at radius 3 is 2.75 bits per heavy atom. The van der Waals surface area contributed by atoms with Crippen LogP contribution in [0.4, 0.5) is 5.95 Å². The molecular weight excluding hydrogens is 200 g/mol. The Hall–Kier alpha value is -2.41. The van der Waals surface area contributed by atoms with Crippen molar-refractivity contribution in [2.45, 2.75) is 6.54 Å². The normalized spacial score (nSPS) is 9.44. The van der Waals surface area contributed by atoms with E-state index in [-0.39, 0.29) is 0 Å². The summed E-state index contributed by atoms with van der Waals surface area (Å²) in [6.07, 6.45) is 1.57. The molecule has 78 valence electrons. The maximum Gasteiger partial charge on any atom is 0.224 e. The van der Waals surface area contributed by atoms with Gasteiger partial charge in [0.1, 0.15) is 11.8 Å². The Bertz CT molecular complexity index is 502. The zero-order valence-electron chi connectivity index (χ0n) is 8.59. The monoisotopic (exact) mass is 210 g/mol.